The highest BCUT2D eigenvalue weighted by Gasteiger charge is 2.38. The standard InChI is InChI=1S/C12H14Cl2N2.C2HF3O2/c1-2-11-8-15-3-4-16(11)12-6-9(13)5-10(14)7-12;3-2(4,5)1(6)7/h2,5-7,11,15H,1,3-4,8H2;(H,6,7)/t11-;/m1./s1. The third kappa shape index (κ3) is 6.29. The van der Waals surface area contributed by atoms with Gasteiger partial charge in [0.1, 0.15) is 0 Å². The minimum Gasteiger partial charge on any atom is -0.475 e. The summed E-state index contributed by atoms with van der Waals surface area (Å²) >= 11 is 12.0. The lowest BCUT2D eigenvalue weighted by Gasteiger charge is -2.36. The predicted octanol–water partition coefficient (Wildman–Crippen LogP) is 3.59. The smallest absolute Gasteiger partial charge is 0.475 e. The van der Waals surface area contributed by atoms with Crippen LogP contribution in [0.4, 0.5) is 18.9 Å². The normalized spacial score (nSPS) is 18.0. The molecule has 0 aromatic heterocycles. The number of anilines is 1. The van der Waals surface area contributed by atoms with Crippen LogP contribution in [0.3, 0.4) is 0 Å². The maximum atomic E-state index is 10.6. The molecule has 0 amide bonds. The molecule has 1 aromatic carbocycles. The SMILES string of the molecule is C=C[C@@H]1CNCCN1c1cc(Cl)cc(Cl)c1.O=C(O)C(F)(F)F. The van der Waals surface area contributed by atoms with Gasteiger partial charge in [0.2, 0.25) is 0 Å². The van der Waals surface area contributed by atoms with Gasteiger partial charge in [-0.25, -0.2) is 4.79 Å². The van der Waals surface area contributed by atoms with Crippen molar-refractivity contribution in [2.24, 2.45) is 0 Å². The lowest BCUT2D eigenvalue weighted by Crippen LogP contribution is -2.50. The largest absolute Gasteiger partial charge is 0.490 e. The van der Waals surface area contributed by atoms with Crippen LogP contribution in [-0.2, 0) is 4.79 Å². The first-order valence-electron chi connectivity index (χ1n) is 6.51. The molecule has 1 aliphatic heterocycles. The summed E-state index contributed by atoms with van der Waals surface area (Å²) in [6.07, 6.45) is -3.14. The van der Waals surface area contributed by atoms with E-state index >= 15 is 0 Å². The molecule has 1 fully saturated rings. The Morgan fingerprint density at radius 1 is 1.35 bits per heavy atom. The van der Waals surface area contributed by atoms with Crippen molar-refractivity contribution in [3.05, 3.63) is 40.9 Å². The topological polar surface area (TPSA) is 52.6 Å². The van der Waals surface area contributed by atoms with Gasteiger partial charge in [-0.15, -0.1) is 6.58 Å². The number of carboxylic acids is 1. The number of carbonyl (C=O) groups is 1. The zero-order valence-corrected chi connectivity index (χ0v) is 13.4. The van der Waals surface area contributed by atoms with Crippen LogP contribution in [0, 0.1) is 0 Å². The Morgan fingerprint density at radius 2 is 1.87 bits per heavy atom. The lowest BCUT2D eigenvalue weighted by atomic mass is 10.1. The second kappa shape index (κ2) is 8.42. The zero-order valence-electron chi connectivity index (χ0n) is 11.9. The van der Waals surface area contributed by atoms with E-state index in [4.69, 9.17) is 33.1 Å². The lowest BCUT2D eigenvalue weighted by molar-refractivity contribution is -0.192. The molecule has 2 N–H and O–H groups in total. The number of benzene rings is 1. The number of hydrogen-bond donors (Lipinski definition) is 2. The van der Waals surface area contributed by atoms with Crippen LogP contribution in [0.25, 0.3) is 0 Å². The van der Waals surface area contributed by atoms with Crippen LogP contribution in [0.5, 0.6) is 0 Å². The van der Waals surface area contributed by atoms with Gasteiger partial charge < -0.3 is 15.3 Å². The summed E-state index contributed by atoms with van der Waals surface area (Å²) in [5, 5.41) is 11.8. The molecule has 4 nitrogen and oxygen atoms in total. The number of piperazine rings is 1. The van der Waals surface area contributed by atoms with Crippen LogP contribution in [0.15, 0.2) is 30.9 Å². The fourth-order valence-corrected chi connectivity index (χ4v) is 2.48. The average Bonchev–Trinajstić information content (AvgIpc) is 2.45. The first-order chi connectivity index (χ1) is 10.6. The first kappa shape index (κ1) is 19.6. The van der Waals surface area contributed by atoms with E-state index in [0.29, 0.717) is 16.1 Å². The quantitative estimate of drug-likeness (QED) is 0.781. The van der Waals surface area contributed by atoms with E-state index in [1.54, 1.807) is 6.07 Å². The highest BCUT2D eigenvalue weighted by molar-refractivity contribution is 6.35. The summed E-state index contributed by atoms with van der Waals surface area (Å²) in [6.45, 7) is 6.67. The van der Waals surface area contributed by atoms with E-state index in [9.17, 15) is 13.2 Å². The number of rotatable bonds is 2. The summed E-state index contributed by atoms with van der Waals surface area (Å²) in [7, 11) is 0. The molecule has 2 rings (SSSR count). The first-order valence-corrected chi connectivity index (χ1v) is 7.27. The van der Waals surface area contributed by atoms with E-state index in [0.717, 1.165) is 25.3 Å². The number of aliphatic carboxylic acids is 1. The second-order valence-electron chi connectivity index (χ2n) is 4.63. The van der Waals surface area contributed by atoms with Gasteiger partial charge in [0.25, 0.3) is 0 Å². The molecular formula is C14H15Cl2F3N2O2. The van der Waals surface area contributed by atoms with E-state index in [-0.39, 0.29) is 0 Å². The summed E-state index contributed by atoms with van der Waals surface area (Å²) in [5.74, 6) is -2.76. The van der Waals surface area contributed by atoms with Gasteiger partial charge >= 0.3 is 12.1 Å². The Bertz CT molecular complexity index is 547. The number of alkyl halides is 3. The van der Waals surface area contributed by atoms with Crippen molar-refractivity contribution >= 4 is 34.9 Å². The molecule has 0 saturated carbocycles. The monoisotopic (exact) mass is 370 g/mol. The van der Waals surface area contributed by atoms with E-state index < -0.39 is 12.1 Å². The Labute approximate surface area is 141 Å². The van der Waals surface area contributed by atoms with Crippen molar-refractivity contribution in [1.82, 2.24) is 5.32 Å². The maximum absolute atomic E-state index is 10.6. The Hall–Kier alpha value is -1.44. The fraction of sp³-hybridized carbons (Fsp3) is 0.357. The Kier molecular flexibility index (Phi) is 7.18. The molecule has 128 valence electrons. The number of halogens is 5. The molecule has 0 bridgehead atoms. The maximum Gasteiger partial charge on any atom is 0.490 e. The van der Waals surface area contributed by atoms with Crippen molar-refractivity contribution in [3.63, 3.8) is 0 Å². The van der Waals surface area contributed by atoms with Crippen LogP contribution < -0.4 is 10.2 Å². The minimum atomic E-state index is -5.08. The Morgan fingerprint density at radius 3 is 2.30 bits per heavy atom. The molecule has 0 radical (unpaired) electrons. The molecule has 23 heavy (non-hydrogen) atoms. The van der Waals surface area contributed by atoms with E-state index in [2.05, 4.69) is 16.8 Å². The van der Waals surface area contributed by atoms with Crippen molar-refractivity contribution in [2.75, 3.05) is 24.5 Å². The third-order valence-corrected chi connectivity index (χ3v) is 3.41. The van der Waals surface area contributed by atoms with Gasteiger partial charge in [-0.3, -0.25) is 0 Å². The number of nitrogens with one attached hydrogen (secondary N) is 1. The third-order valence-electron chi connectivity index (χ3n) is 2.98. The van der Waals surface area contributed by atoms with Gasteiger partial charge in [0, 0.05) is 35.4 Å². The van der Waals surface area contributed by atoms with Gasteiger partial charge in [-0.05, 0) is 18.2 Å². The van der Waals surface area contributed by atoms with Crippen LogP contribution in [0.2, 0.25) is 10.0 Å². The molecule has 0 spiro atoms. The molecule has 0 aliphatic carbocycles. The molecule has 0 unspecified atom stereocenters. The number of carboxylic acid groups (broad SMARTS) is 1. The molecule has 1 atom stereocenters. The van der Waals surface area contributed by atoms with Gasteiger partial charge in [0.15, 0.2) is 0 Å². The van der Waals surface area contributed by atoms with Gasteiger partial charge in [-0.2, -0.15) is 13.2 Å². The molecule has 1 aromatic rings. The Balaban J connectivity index is 0.000000322. The zero-order chi connectivity index (χ0) is 17.6. The van der Waals surface area contributed by atoms with Crippen LogP contribution >= 0.6 is 23.2 Å². The van der Waals surface area contributed by atoms with Crippen molar-refractivity contribution in [2.45, 2.75) is 12.2 Å². The summed E-state index contributed by atoms with van der Waals surface area (Å²) in [6, 6.07) is 5.92. The van der Waals surface area contributed by atoms with Gasteiger partial charge in [0.05, 0.1) is 6.04 Å². The van der Waals surface area contributed by atoms with Crippen LogP contribution in [0.1, 0.15) is 0 Å². The second-order valence-corrected chi connectivity index (χ2v) is 5.50. The van der Waals surface area contributed by atoms with Gasteiger partial charge in [-0.1, -0.05) is 29.3 Å². The molecular weight excluding hydrogens is 356 g/mol. The highest BCUT2D eigenvalue weighted by Crippen LogP contribution is 2.27. The number of nitrogens with zero attached hydrogens (tertiary/aromatic N) is 1. The average molecular weight is 371 g/mol. The molecule has 1 saturated heterocycles. The highest BCUT2D eigenvalue weighted by atomic mass is 35.5. The molecule has 1 aliphatic rings. The molecule has 1 heterocycles. The number of hydrogen-bond acceptors (Lipinski definition) is 3. The minimum absolute atomic E-state index is 0.295. The summed E-state index contributed by atoms with van der Waals surface area (Å²) in [5.41, 5.74) is 1.06. The van der Waals surface area contributed by atoms with E-state index in [1.807, 2.05) is 18.2 Å². The van der Waals surface area contributed by atoms with Crippen molar-refractivity contribution in [3.8, 4) is 0 Å². The van der Waals surface area contributed by atoms with Crippen LogP contribution in [-0.4, -0.2) is 42.9 Å². The molecule has 9 heteroatoms. The fourth-order valence-electron chi connectivity index (χ4n) is 1.96. The van der Waals surface area contributed by atoms with E-state index in [1.165, 1.54) is 0 Å². The summed E-state index contributed by atoms with van der Waals surface area (Å²) < 4.78 is 31.7. The predicted molar refractivity (Wildman–Crippen MR) is 84.4 cm³/mol. The van der Waals surface area contributed by atoms with Crippen molar-refractivity contribution in [1.29, 1.82) is 0 Å². The van der Waals surface area contributed by atoms with Crippen molar-refractivity contribution < 1.29 is 23.1 Å². The summed E-state index contributed by atoms with van der Waals surface area (Å²) in [4.78, 5) is 11.2.